The predicted octanol–water partition coefficient (Wildman–Crippen LogP) is 3.07. The first kappa shape index (κ1) is 11.7. The highest BCUT2D eigenvalue weighted by molar-refractivity contribution is 7.11. The summed E-state index contributed by atoms with van der Waals surface area (Å²) in [5, 5.41) is 4.60. The van der Waals surface area contributed by atoms with Crippen LogP contribution >= 0.6 is 11.3 Å². The summed E-state index contributed by atoms with van der Waals surface area (Å²) in [6.45, 7) is 11.8. The zero-order chi connectivity index (χ0) is 10.7. The number of nitrogens with one attached hydrogen (secondary N) is 1. The van der Waals surface area contributed by atoms with E-state index in [1.54, 1.807) is 0 Å². The Morgan fingerprint density at radius 1 is 1.29 bits per heavy atom. The van der Waals surface area contributed by atoms with Crippen molar-refractivity contribution in [1.29, 1.82) is 0 Å². The van der Waals surface area contributed by atoms with Crippen LogP contribution in [0.4, 0.5) is 0 Å². The topological polar surface area (TPSA) is 24.9 Å². The van der Waals surface area contributed by atoms with Crippen LogP contribution in [0.1, 0.15) is 49.2 Å². The van der Waals surface area contributed by atoms with Crippen molar-refractivity contribution in [2.45, 2.75) is 53.1 Å². The van der Waals surface area contributed by atoms with E-state index in [2.05, 4.69) is 44.9 Å². The quantitative estimate of drug-likeness (QED) is 0.829. The largest absolute Gasteiger partial charge is 0.308 e. The van der Waals surface area contributed by atoms with Gasteiger partial charge in [-0.15, -0.1) is 11.3 Å². The summed E-state index contributed by atoms with van der Waals surface area (Å²) in [5.41, 5.74) is 1.26. The standard InChI is InChI=1S/C11H20N2S/c1-7(2)11-9(5)14-10(13-11)6-12-8(3)4/h7-8,12H,6H2,1-5H3. The van der Waals surface area contributed by atoms with E-state index in [9.17, 15) is 0 Å². The van der Waals surface area contributed by atoms with Crippen LogP contribution in [0.5, 0.6) is 0 Å². The maximum Gasteiger partial charge on any atom is 0.107 e. The van der Waals surface area contributed by atoms with Gasteiger partial charge in [0, 0.05) is 17.5 Å². The van der Waals surface area contributed by atoms with Crippen molar-refractivity contribution in [3.05, 3.63) is 15.6 Å². The predicted molar refractivity (Wildman–Crippen MR) is 62.9 cm³/mol. The molecule has 0 fully saturated rings. The third-order valence-electron chi connectivity index (χ3n) is 2.09. The number of aromatic nitrogens is 1. The molecule has 0 aliphatic rings. The van der Waals surface area contributed by atoms with Gasteiger partial charge in [0.25, 0.3) is 0 Å². The minimum atomic E-state index is 0.529. The summed E-state index contributed by atoms with van der Waals surface area (Å²) in [6.07, 6.45) is 0. The van der Waals surface area contributed by atoms with Crippen molar-refractivity contribution in [2.24, 2.45) is 0 Å². The van der Waals surface area contributed by atoms with Crippen molar-refractivity contribution in [2.75, 3.05) is 0 Å². The molecule has 1 heterocycles. The Kier molecular flexibility index (Phi) is 4.08. The first-order chi connectivity index (χ1) is 6.50. The van der Waals surface area contributed by atoms with Gasteiger partial charge < -0.3 is 5.32 Å². The van der Waals surface area contributed by atoms with Crippen LogP contribution in [0.25, 0.3) is 0 Å². The molecule has 3 heteroatoms. The number of rotatable bonds is 4. The van der Waals surface area contributed by atoms with Crippen LogP contribution in [0.2, 0.25) is 0 Å². The summed E-state index contributed by atoms with van der Waals surface area (Å²) in [7, 11) is 0. The van der Waals surface area contributed by atoms with E-state index < -0.39 is 0 Å². The van der Waals surface area contributed by atoms with Gasteiger partial charge in [-0.3, -0.25) is 0 Å². The fourth-order valence-electron chi connectivity index (χ4n) is 1.37. The molecule has 0 spiro atoms. The molecule has 0 amide bonds. The van der Waals surface area contributed by atoms with E-state index in [1.807, 2.05) is 11.3 Å². The zero-order valence-corrected chi connectivity index (χ0v) is 10.5. The Morgan fingerprint density at radius 2 is 1.93 bits per heavy atom. The molecule has 0 saturated carbocycles. The third kappa shape index (κ3) is 3.07. The maximum absolute atomic E-state index is 4.64. The van der Waals surface area contributed by atoms with Crippen LogP contribution < -0.4 is 5.32 Å². The second kappa shape index (κ2) is 4.89. The van der Waals surface area contributed by atoms with E-state index in [-0.39, 0.29) is 0 Å². The lowest BCUT2D eigenvalue weighted by Crippen LogP contribution is -2.21. The average molecular weight is 212 g/mol. The Hall–Kier alpha value is -0.410. The molecule has 1 rings (SSSR count). The van der Waals surface area contributed by atoms with E-state index in [4.69, 9.17) is 0 Å². The number of aryl methyl sites for hydroxylation is 1. The molecule has 0 unspecified atom stereocenters. The molecule has 0 aliphatic carbocycles. The van der Waals surface area contributed by atoms with Gasteiger partial charge in [-0.05, 0) is 12.8 Å². The van der Waals surface area contributed by atoms with Crippen molar-refractivity contribution >= 4 is 11.3 Å². The highest BCUT2D eigenvalue weighted by Crippen LogP contribution is 2.23. The third-order valence-corrected chi connectivity index (χ3v) is 3.07. The molecule has 1 aromatic heterocycles. The van der Waals surface area contributed by atoms with Gasteiger partial charge in [0.05, 0.1) is 5.69 Å². The van der Waals surface area contributed by atoms with Crippen molar-refractivity contribution < 1.29 is 0 Å². The molecular formula is C11H20N2S. The SMILES string of the molecule is Cc1sc(CNC(C)C)nc1C(C)C. The normalized spacial score (nSPS) is 11.6. The maximum atomic E-state index is 4.64. The number of hydrogen-bond acceptors (Lipinski definition) is 3. The summed E-state index contributed by atoms with van der Waals surface area (Å²) in [6, 6.07) is 0.529. The summed E-state index contributed by atoms with van der Waals surface area (Å²) in [4.78, 5) is 6.00. The monoisotopic (exact) mass is 212 g/mol. The number of hydrogen-bond donors (Lipinski definition) is 1. The highest BCUT2D eigenvalue weighted by Gasteiger charge is 2.10. The minimum absolute atomic E-state index is 0.529. The number of nitrogens with zero attached hydrogens (tertiary/aromatic N) is 1. The van der Waals surface area contributed by atoms with Crippen LogP contribution in [0.3, 0.4) is 0 Å². The molecule has 0 aliphatic heterocycles. The fraction of sp³-hybridized carbons (Fsp3) is 0.727. The van der Waals surface area contributed by atoms with Crippen LogP contribution in [-0.2, 0) is 6.54 Å². The van der Waals surface area contributed by atoms with Crippen molar-refractivity contribution in [1.82, 2.24) is 10.3 Å². The van der Waals surface area contributed by atoms with Crippen LogP contribution in [0, 0.1) is 6.92 Å². The fourth-order valence-corrected chi connectivity index (χ4v) is 2.41. The molecule has 0 aromatic carbocycles. The highest BCUT2D eigenvalue weighted by atomic mass is 32.1. The number of thiazole rings is 1. The molecule has 0 bridgehead atoms. The van der Waals surface area contributed by atoms with Gasteiger partial charge in [0.2, 0.25) is 0 Å². The van der Waals surface area contributed by atoms with E-state index >= 15 is 0 Å². The second-order valence-electron chi connectivity index (χ2n) is 4.24. The van der Waals surface area contributed by atoms with E-state index in [1.165, 1.54) is 15.6 Å². The molecule has 0 saturated heterocycles. The molecule has 0 radical (unpaired) electrons. The van der Waals surface area contributed by atoms with Crippen molar-refractivity contribution in [3.63, 3.8) is 0 Å². The van der Waals surface area contributed by atoms with Gasteiger partial charge >= 0.3 is 0 Å². The lowest BCUT2D eigenvalue weighted by atomic mass is 10.1. The van der Waals surface area contributed by atoms with Crippen LogP contribution in [-0.4, -0.2) is 11.0 Å². The Bertz CT molecular complexity index is 289. The van der Waals surface area contributed by atoms with Gasteiger partial charge in [-0.25, -0.2) is 4.98 Å². The minimum Gasteiger partial charge on any atom is -0.308 e. The second-order valence-corrected chi connectivity index (χ2v) is 5.53. The molecular weight excluding hydrogens is 192 g/mol. The summed E-state index contributed by atoms with van der Waals surface area (Å²) >= 11 is 1.81. The Balaban J connectivity index is 2.66. The van der Waals surface area contributed by atoms with Gasteiger partial charge in [-0.2, -0.15) is 0 Å². The first-order valence-electron chi connectivity index (χ1n) is 5.20. The molecule has 14 heavy (non-hydrogen) atoms. The molecule has 1 N–H and O–H groups in total. The molecule has 80 valence electrons. The molecule has 0 atom stereocenters. The smallest absolute Gasteiger partial charge is 0.107 e. The van der Waals surface area contributed by atoms with Gasteiger partial charge in [0.1, 0.15) is 5.01 Å². The lowest BCUT2D eigenvalue weighted by Gasteiger charge is -2.04. The molecule has 2 nitrogen and oxygen atoms in total. The Morgan fingerprint density at radius 3 is 2.36 bits per heavy atom. The first-order valence-corrected chi connectivity index (χ1v) is 6.02. The van der Waals surface area contributed by atoms with Crippen LogP contribution in [0.15, 0.2) is 0 Å². The Labute approximate surface area is 90.8 Å². The van der Waals surface area contributed by atoms with E-state index in [0.717, 1.165) is 6.54 Å². The zero-order valence-electron chi connectivity index (χ0n) is 9.72. The lowest BCUT2D eigenvalue weighted by molar-refractivity contribution is 0.586. The van der Waals surface area contributed by atoms with Gasteiger partial charge in [0.15, 0.2) is 0 Å². The summed E-state index contributed by atoms with van der Waals surface area (Å²) in [5.74, 6) is 0.541. The summed E-state index contributed by atoms with van der Waals surface area (Å²) < 4.78 is 0. The van der Waals surface area contributed by atoms with Crippen molar-refractivity contribution in [3.8, 4) is 0 Å². The van der Waals surface area contributed by atoms with Gasteiger partial charge in [-0.1, -0.05) is 27.7 Å². The average Bonchev–Trinajstić information content (AvgIpc) is 2.43. The van der Waals surface area contributed by atoms with E-state index in [0.29, 0.717) is 12.0 Å². The molecule has 1 aromatic rings.